The molecule has 112 valence electrons. The molecule has 1 rings (SSSR count). The van der Waals surface area contributed by atoms with Crippen LogP contribution in [0.15, 0.2) is 22.7 Å². The summed E-state index contributed by atoms with van der Waals surface area (Å²) in [4.78, 5) is 13.2. The van der Waals surface area contributed by atoms with E-state index in [0.717, 1.165) is 17.0 Å². The number of hydrogen-bond donors (Lipinski definition) is 1. The summed E-state index contributed by atoms with van der Waals surface area (Å²) in [5.74, 6) is -0.785. The summed E-state index contributed by atoms with van der Waals surface area (Å²) >= 11 is 2.96. The molecule has 0 spiro atoms. The molecule has 3 nitrogen and oxygen atoms in total. The SMILES string of the molecule is CN(CC(C)(C)O)C(=O)c1ccc(Br)cc1C(F)(F)F. The van der Waals surface area contributed by atoms with Gasteiger partial charge in [0.15, 0.2) is 0 Å². The first-order chi connectivity index (χ1) is 8.92. The minimum absolute atomic E-state index is 0.0702. The van der Waals surface area contributed by atoms with Crippen molar-refractivity contribution in [3.05, 3.63) is 33.8 Å². The maximum Gasteiger partial charge on any atom is 0.417 e. The molecule has 0 atom stereocenters. The van der Waals surface area contributed by atoms with Gasteiger partial charge in [0, 0.05) is 18.1 Å². The average molecular weight is 354 g/mol. The molecule has 0 fully saturated rings. The minimum Gasteiger partial charge on any atom is -0.389 e. The topological polar surface area (TPSA) is 40.5 Å². The van der Waals surface area contributed by atoms with Crippen LogP contribution in [0.1, 0.15) is 29.8 Å². The highest BCUT2D eigenvalue weighted by Gasteiger charge is 2.36. The fraction of sp³-hybridized carbons (Fsp3) is 0.462. The molecule has 20 heavy (non-hydrogen) atoms. The van der Waals surface area contributed by atoms with Gasteiger partial charge in [-0.2, -0.15) is 13.2 Å². The Hall–Kier alpha value is -1.08. The van der Waals surface area contributed by atoms with E-state index in [2.05, 4.69) is 15.9 Å². The molecular weight excluding hydrogens is 339 g/mol. The summed E-state index contributed by atoms with van der Waals surface area (Å²) in [6.45, 7) is 2.88. The number of aliphatic hydroxyl groups is 1. The van der Waals surface area contributed by atoms with Crippen LogP contribution in [0.4, 0.5) is 13.2 Å². The van der Waals surface area contributed by atoms with Gasteiger partial charge in [-0.25, -0.2) is 0 Å². The number of carbonyl (C=O) groups is 1. The van der Waals surface area contributed by atoms with Crippen LogP contribution in [0.3, 0.4) is 0 Å². The zero-order chi connectivity index (χ0) is 15.7. The van der Waals surface area contributed by atoms with Gasteiger partial charge < -0.3 is 10.0 Å². The Bertz CT molecular complexity index is 509. The second kappa shape index (κ2) is 5.73. The van der Waals surface area contributed by atoms with Crippen molar-refractivity contribution in [2.75, 3.05) is 13.6 Å². The van der Waals surface area contributed by atoms with Crippen molar-refractivity contribution >= 4 is 21.8 Å². The van der Waals surface area contributed by atoms with E-state index in [-0.39, 0.29) is 11.0 Å². The van der Waals surface area contributed by atoms with Gasteiger partial charge in [0.25, 0.3) is 5.91 Å². The molecular formula is C13H15BrF3NO2. The lowest BCUT2D eigenvalue weighted by molar-refractivity contribution is -0.138. The molecule has 0 aliphatic carbocycles. The molecule has 0 unspecified atom stereocenters. The number of nitrogens with zero attached hydrogens (tertiary/aromatic N) is 1. The smallest absolute Gasteiger partial charge is 0.389 e. The zero-order valence-corrected chi connectivity index (χ0v) is 12.8. The molecule has 0 saturated carbocycles. The van der Waals surface area contributed by atoms with E-state index in [9.17, 15) is 23.1 Å². The fourth-order valence-corrected chi connectivity index (χ4v) is 2.16. The average Bonchev–Trinajstić information content (AvgIpc) is 2.24. The number of benzene rings is 1. The highest BCUT2D eigenvalue weighted by molar-refractivity contribution is 9.10. The first-order valence-corrected chi connectivity index (χ1v) is 6.56. The van der Waals surface area contributed by atoms with Gasteiger partial charge in [0.1, 0.15) is 0 Å². The molecule has 1 amide bonds. The quantitative estimate of drug-likeness (QED) is 0.905. The van der Waals surface area contributed by atoms with Gasteiger partial charge in [-0.3, -0.25) is 4.79 Å². The van der Waals surface area contributed by atoms with E-state index >= 15 is 0 Å². The Morgan fingerprint density at radius 1 is 1.35 bits per heavy atom. The molecule has 0 heterocycles. The number of alkyl halides is 3. The molecule has 0 aromatic heterocycles. The number of amides is 1. The third-order valence-corrected chi connectivity index (χ3v) is 2.98. The lowest BCUT2D eigenvalue weighted by atomic mass is 10.0. The van der Waals surface area contributed by atoms with Crippen LogP contribution >= 0.6 is 15.9 Å². The van der Waals surface area contributed by atoms with Crippen LogP contribution in [0, 0.1) is 0 Å². The Kier molecular flexibility index (Phi) is 4.86. The largest absolute Gasteiger partial charge is 0.417 e. The standard InChI is InChI=1S/C13H15BrF3NO2/c1-12(2,20)7-18(3)11(19)9-5-4-8(14)6-10(9)13(15,16)17/h4-6,20H,7H2,1-3H3. The van der Waals surface area contributed by atoms with E-state index in [1.165, 1.54) is 27.0 Å². The lowest BCUT2D eigenvalue weighted by Crippen LogP contribution is -2.40. The maximum atomic E-state index is 12.9. The molecule has 0 aliphatic rings. The molecule has 7 heteroatoms. The van der Waals surface area contributed by atoms with Crippen LogP contribution in [-0.2, 0) is 6.18 Å². The van der Waals surface area contributed by atoms with Gasteiger partial charge in [-0.15, -0.1) is 0 Å². The predicted octanol–water partition coefficient (Wildman–Crippen LogP) is 3.31. The number of rotatable bonds is 3. The Labute approximate surface area is 123 Å². The van der Waals surface area contributed by atoms with Crippen LogP contribution < -0.4 is 0 Å². The molecule has 0 aliphatic heterocycles. The predicted molar refractivity (Wildman–Crippen MR) is 72.4 cm³/mol. The van der Waals surface area contributed by atoms with Gasteiger partial charge in [0.05, 0.1) is 16.7 Å². The molecule has 0 radical (unpaired) electrons. The van der Waals surface area contributed by atoms with Crippen molar-refractivity contribution in [1.82, 2.24) is 4.90 Å². The number of likely N-dealkylation sites (N-methyl/N-ethyl adjacent to an activating group) is 1. The highest BCUT2D eigenvalue weighted by Crippen LogP contribution is 2.34. The monoisotopic (exact) mass is 353 g/mol. The maximum absolute atomic E-state index is 12.9. The zero-order valence-electron chi connectivity index (χ0n) is 11.3. The van der Waals surface area contributed by atoms with Crippen LogP contribution in [0.5, 0.6) is 0 Å². The van der Waals surface area contributed by atoms with Gasteiger partial charge in [-0.1, -0.05) is 15.9 Å². The van der Waals surface area contributed by atoms with Gasteiger partial charge in [0.2, 0.25) is 0 Å². The first-order valence-electron chi connectivity index (χ1n) is 5.76. The van der Waals surface area contributed by atoms with Crippen molar-refractivity contribution in [3.8, 4) is 0 Å². The van der Waals surface area contributed by atoms with Crippen molar-refractivity contribution in [3.63, 3.8) is 0 Å². The second-order valence-corrected chi connectivity index (χ2v) is 6.08. The Morgan fingerprint density at radius 3 is 2.35 bits per heavy atom. The molecule has 0 saturated heterocycles. The Balaban J connectivity index is 3.17. The van der Waals surface area contributed by atoms with E-state index < -0.39 is 28.8 Å². The highest BCUT2D eigenvalue weighted by atomic mass is 79.9. The first kappa shape index (κ1) is 17.0. The number of carbonyl (C=O) groups excluding carboxylic acids is 1. The molecule has 0 bridgehead atoms. The summed E-state index contributed by atoms with van der Waals surface area (Å²) in [7, 11) is 1.35. The summed E-state index contributed by atoms with van der Waals surface area (Å²) in [6.07, 6.45) is -4.62. The van der Waals surface area contributed by atoms with E-state index in [0.29, 0.717) is 0 Å². The molecule has 1 aromatic carbocycles. The van der Waals surface area contributed by atoms with Crippen LogP contribution in [0.25, 0.3) is 0 Å². The van der Waals surface area contributed by atoms with Crippen molar-refractivity contribution < 1.29 is 23.1 Å². The second-order valence-electron chi connectivity index (χ2n) is 5.16. The number of hydrogen-bond acceptors (Lipinski definition) is 2. The molecule has 1 aromatic rings. The van der Waals surface area contributed by atoms with Crippen LogP contribution in [0.2, 0.25) is 0 Å². The third kappa shape index (κ3) is 4.49. The third-order valence-electron chi connectivity index (χ3n) is 2.49. The van der Waals surface area contributed by atoms with Crippen molar-refractivity contribution in [2.45, 2.75) is 25.6 Å². The summed E-state index contributed by atoms with van der Waals surface area (Å²) < 4.78 is 39.1. The van der Waals surface area contributed by atoms with Crippen molar-refractivity contribution in [1.29, 1.82) is 0 Å². The lowest BCUT2D eigenvalue weighted by Gasteiger charge is -2.26. The summed E-state index contributed by atoms with van der Waals surface area (Å²) in [6, 6.07) is 3.36. The van der Waals surface area contributed by atoms with E-state index in [1.54, 1.807) is 0 Å². The summed E-state index contributed by atoms with van der Waals surface area (Å²) in [5.41, 5.74) is -2.62. The minimum atomic E-state index is -4.62. The Morgan fingerprint density at radius 2 is 1.90 bits per heavy atom. The normalized spacial score (nSPS) is 12.4. The number of halogens is 4. The van der Waals surface area contributed by atoms with E-state index in [4.69, 9.17) is 0 Å². The van der Waals surface area contributed by atoms with E-state index in [1.807, 2.05) is 0 Å². The van der Waals surface area contributed by atoms with Crippen LogP contribution in [-0.4, -0.2) is 35.1 Å². The van der Waals surface area contributed by atoms with Gasteiger partial charge in [-0.05, 0) is 32.0 Å². The van der Waals surface area contributed by atoms with Gasteiger partial charge >= 0.3 is 6.18 Å². The summed E-state index contributed by atoms with van der Waals surface area (Å²) in [5, 5.41) is 9.63. The fourth-order valence-electron chi connectivity index (χ4n) is 1.80. The van der Waals surface area contributed by atoms with Crippen molar-refractivity contribution in [2.24, 2.45) is 0 Å². The molecule has 1 N–H and O–H groups in total.